The molecule has 1 fully saturated rings. The third-order valence-electron chi connectivity index (χ3n) is 3.22. The van der Waals surface area contributed by atoms with Crippen molar-refractivity contribution in [2.24, 2.45) is 0 Å². The molecule has 0 saturated carbocycles. The number of hydrogen-bond donors (Lipinski definition) is 1. The van der Waals surface area contributed by atoms with Gasteiger partial charge in [-0.15, -0.1) is 0 Å². The van der Waals surface area contributed by atoms with Gasteiger partial charge in [0.15, 0.2) is 0 Å². The van der Waals surface area contributed by atoms with Crippen LogP contribution in [-0.4, -0.2) is 29.6 Å². The Hall–Kier alpha value is -0.680. The zero-order valence-corrected chi connectivity index (χ0v) is 13.4. The van der Waals surface area contributed by atoms with E-state index in [1.54, 1.807) is 0 Å². The van der Waals surface area contributed by atoms with Crippen LogP contribution in [0.1, 0.15) is 19.8 Å². The van der Waals surface area contributed by atoms with Crippen LogP contribution in [0.4, 0.5) is 5.69 Å². The van der Waals surface area contributed by atoms with Crippen LogP contribution in [0.3, 0.4) is 0 Å². The fourth-order valence-corrected chi connectivity index (χ4v) is 3.80. The maximum absolute atomic E-state index is 12.3. The number of thioether (sulfide) groups is 1. The predicted molar refractivity (Wildman–Crippen MR) is 83.7 cm³/mol. The largest absolute Gasteiger partial charge is 0.464 e. The van der Waals surface area contributed by atoms with Crippen molar-refractivity contribution >= 4 is 39.3 Å². The van der Waals surface area contributed by atoms with Gasteiger partial charge in [-0.2, -0.15) is 11.8 Å². The van der Waals surface area contributed by atoms with E-state index in [1.165, 1.54) is 0 Å². The molecular weight excluding hydrogens is 326 g/mol. The van der Waals surface area contributed by atoms with Crippen LogP contribution in [0.25, 0.3) is 0 Å². The van der Waals surface area contributed by atoms with E-state index >= 15 is 0 Å². The predicted octanol–water partition coefficient (Wildman–Crippen LogP) is 3.69. The van der Waals surface area contributed by atoms with E-state index in [1.807, 2.05) is 43.0 Å². The molecule has 0 amide bonds. The Morgan fingerprint density at radius 3 is 2.84 bits per heavy atom. The lowest BCUT2D eigenvalue weighted by Gasteiger charge is -2.36. The Balaban J connectivity index is 2.20. The number of carbonyl (C=O) groups excluding carboxylic acids is 1. The summed E-state index contributed by atoms with van der Waals surface area (Å²) in [6.07, 6.45) is 1.62. The number of halogens is 1. The number of benzene rings is 1. The average Bonchev–Trinajstić information content (AvgIpc) is 2.40. The molecule has 0 aromatic heterocycles. The van der Waals surface area contributed by atoms with Crippen molar-refractivity contribution in [3.8, 4) is 0 Å². The molecule has 0 radical (unpaired) electrons. The second kappa shape index (κ2) is 6.66. The van der Waals surface area contributed by atoms with E-state index < -0.39 is 5.54 Å². The van der Waals surface area contributed by atoms with Gasteiger partial charge in [0, 0.05) is 10.2 Å². The maximum Gasteiger partial charge on any atom is 0.331 e. The second-order valence-electron chi connectivity index (χ2n) is 4.55. The number of anilines is 1. The normalized spacial score (nSPS) is 17.8. The molecule has 1 heterocycles. The van der Waals surface area contributed by atoms with Gasteiger partial charge in [-0.05, 0) is 49.5 Å². The molecule has 0 unspecified atom stereocenters. The molecule has 1 aromatic carbocycles. The number of carbonyl (C=O) groups is 1. The van der Waals surface area contributed by atoms with E-state index in [2.05, 4.69) is 21.2 Å². The van der Waals surface area contributed by atoms with Crippen molar-refractivity contribution in [3.63, 3.8) is 0 Å². The third-order valence-corrected chi connectivity index (χ3v) is 4.70. The first kappa shape index (κ1) is 14.7. The van der Waals surface area contributed by atoms with Crippen molar-refractivity contribution in [2.45, 2.75) is 25.3 Å². The highest BCUT2D eigenvalue weighted by Crippen LogP contribution is 2.32. The lowest BCUT2D eigenvalue weighted by molar-refractivity contribution is -0.148. The zero-order chi connectivity index (χ0) is 13.7. The van der Waals surface area contributed by atoms with Crippen LogP contribution in [0, 0.1) is 0 Å². The summed E-state index contributed by atoms with van der Waals surface area (Å²) in [5.41, 5.74) is 0.386. The molecule has 1 saturated heterocycles. The SMILES string of the molecule is CCOC(=O)C1(Nc2cccc(Br)c2)CCSCC1. The van der Waals surface area contributed by atoms with Gasteiger partial charge in [0.05, 0.1) is 6.61 Å². The Morgan fingerprint density at radius 1 is 1.47 bits per heavy atom. The summed E-state index contributed by atoms with van der Waals surface area (Å²) in [6, 6.07) is 7.90. The maximum atomic E-state index is 12.3. The van der Waals surface area contributed by atoms with Crippen molar-refractivity contribution in [3.05, 3.63) is 28.7 Å². The minimum absolute atomic E-state index is 0.129. The van der Waals surface area contributed by atoms with Gasteiger partial charge >= 0.3 is 5.97 Å². The van der Waals surface area contributed by atoms with Crippen molar-refractivity contribution in [2.75, 3.05) is 23.4 Å². The highest BCUT2D eigenvalue weighted by atomic mass is 79.9. The molecular formula is C14H18BrNO2S. The van der Waals surface area contributed by atoms with Crippen LogP contribution in [-0.2, 0) is 9.53 Å². The molecule has 1 N–H and O–H groups in total. The molecule has 0 atom stereocenters. The second-order valence-corrected chi connectivity index (χ2v) is 6.69. The van der Waals surface area contributed by atoms with Crippen LogP contribution >= 0.6 is 27.7 Å². The van der Waals surface area contributed by atoms with Gasteiger partial charge in [0.1, 0.15) is 5.54 Å². The van der Waals surface area contributed by atoms with Crippen molar-refractivity contribution in [1.29, 1.82) is 0 Å². The third kappa shape index (κ3) is 3.66. The molecule has 5 heteroatoms. The number of rotatable bonds is 4. The number of ether oxygens (including phenoxy) is 1. The summed E-state index contributed by atoms with van der Waals surface area (Å²) in [5, 5.41) is 3.40. The number of nitrogens with one attached hydrogen (secondary N) is 1. The average molecular weight is 344 g/mol. The first-order chi connectivity index (χ1) is 9.16. The van der Waals surface area contributed by atoms with Crippen molar-refractivity contribution < 1.29 is 9.53 Å². The van der Waals surface area contributed by atoms with Crippen molar-refractivity contribution in [1.82, 2.24) is 0 Å². The molecule has 0 spiro atoms. The van der Waals surface area contributed by atoms with Crippen LogP contribution in [0.2, 0.25) is 0 Å². The summed E-state index contributed by atoms with van der Waals surface area (Å²) < 4.78 is 6.27. The number of hydrogen-bond acceptors (Lipinski definition) is 4. The van der Waals surface area contributed by atoms with E-state index in [9.17, 15) is 4.79 Å². The highest BCUT2D eigenvalue weighted by Gasteiger charge is 2.41. The van der Waals surface area contributed by atoms with Gasteiger partial charge in [0.25, 0.3) is 0 Å². The minimum atomic E-state index is -0.567. The molecule has 0 aliphatic carbocycles. The lowest BCUT2D eigenvalue weighted by Crippen LogP contribution is -2.50. The van der Waals surface area contributed by atoms with Gasteiger partial charge in [-0.25, -0.2) is 4.79 Å². The molecule has 19 heavy (non-hydrogen) atoms. The quantitative estimate of drug-likeness (QED) is 0.846. The Bertz CT molecular complexity index is 447. The van der Waals surface area contributed by atoms with E-state index in [4.69, 9.17) is 4.74 Å². The Kier molecular flexibility index (Phi) is 5.16. The summed E-state index contributed by atoms with van der Waals surface area (Å²) in [4.78, 5) is 12.3. The van der Waals surface area contributed by atoms with Crippen LogP contribution < -0.4 is 5.32 Å². The Morgan fingerprint density at radius 2 is 2.21 bits per heavy atom. The summed E-state index contributed by atoms with van der Waals surface area (Å²) in [7, 11) is 0. The molecule has 3 nitrogen and oxygen atoms in total. The highest BCUT2D eigenvalue weighted by molar-refractivity contribution is 9.10. The molecule has 1 aliphatic heterocycles. The molecule has 104 valence electrons. The molecule has 1 aromatic rings. The monoisotopic (exact) mass is 343 g/mol. The fraction of sp³-hybridized carbons (Fsp3) is 0.500. The minimum Gasteiger partial charge on any atom is -0.464 e. The smallest absolute Gasteiger partial charge is 0.331 e. The summed E-state index contributed by atoms with van der Waals surface area (Å²) in [6.45, 7) is 2.27. The van der Waals surface area contributed by atoms with Gasteiger partial charge < -0.3 is 10.1 Å². The van der Waals surface area contributed by atoms with Crippen LogP contribution in [0.15, 0.2) is 28.7 Å². The van der Waals surface area contributed by atoms with Gasteiger partial charge in [-0.1, -0.05) is 22.0 Å². The van der Waals surface area contributed by atoms with Gasteiger partial charge in [0.2, 0.25) is 0 Å². The summed E-state index contributed by atoms with van der Waals surface area (Å²) >= 11 is 5.34. The summed E-state index contributed by atoms with van der Waals surface area (Å²) in [5.74, 6) is 1.84. The topological polar surface area (TPSA) is 38.3 Å². The van der Waals surface area contributed by atoms with E-state index in [-0.39, 0.29) is 5.97 Å². The zero-order valence-electron chi connectivity index (χ0n) is 10.9. The van der Waals surface area contributed by atoms with E-state index in [0.29, 0.717) is 6.61 Å². The molecule has 1 aliphatic rings. The fourth-order valence-electron chi connectivity index (χ4n) is 2.21. The Labute approximate surface area is 126 Å². The first-order valence-corrected chi connectivity index (χ1v) is 8.40. The van der Waals surface area contributed by atoms with E-state index in [0.717, 1.165) is 34.5 Å². The standard InChI is InChI=1S/C14H18BrNO2S/c1-2-18-13(17)14(6-8-19-9-7-14)16-12-5-3-4-11(15)10-12/h3-5,10,16H,2,6-9H2,1H3. The van der Waals surface area contributed by atoms with Gasteiger partial charge in [-0.3, -0.25) is 0 Å². The first-order valence-electron chi connectivity index (χ1n) is 6.45. The van der Waals surface area contributed by atoms with Crippen LogP contribution in [0.5, 0.6) is 0 Å². The number of esters is 1. The molecule has 2 rings (SSSR count). The molecule has 0 bridgehead atoms. The lowest BCUT2D eigenvalue weighted by atomic mass is 9.91.